The van der Waals surface area contributed by atoms with Crippen molar-refractivity contribution in [1.82, 2.24) is 5.32 Å². The average molecular weight is 238 g/mol. The summed E-state index contributed by atoms with van der Waals surface area (Å²) in [5, 5.41) is 4.76. The van der Waals surface area contributed by atoms with E-state index in [2.05, 4.69) is 19.2 Å². The molecule has 2 aliphatic carbocycles. The quantitative estimate of drug-likeness (QED) is 0.817. The first kappa shape index (κ1) is 10.9. The van der Waals surface area contributed by atoms with Crippen molar-refractivity contribution in [3.63, 3.8) is 0 Å². The van der Waals surface area contributed by atoms with Gasteiger partial charge in [0.25, 0.3) is 0 Å². The van der Waals surface area contributed by atoms with Crippen LogP contribution in [0.15, 0.2) is 4.99 Å². The lowest BCUT2D eigenvalue weighted by Crippen LogP contribution is -2.46. The van der Waals surface area contributed by atoms with Crippen LogP contribution in [0.5, 0.6) is 0 Å². The first-order valence-electron chi connectivity index (χ1n) is 6.55. The number of thioether (sulfide) groups is 1. The highest BCUT2D eigenvalue weighted by Gasteiger charge is 2.53. The van der Waals surface area contributed by atoms with Crippen LogP contribution in [-0.4, -0.2) is 23.0 Å². The van der Waals surface area contributed by atoms with Crippen LogP contribution in [0.3, 0.4) is 0 Å². The number of rotatable bonds is 3. The molecule has 90 valence electrons. The van der Waals surface area contributed by atoms with Crippen molar-refractivity contribution in [2.24, 2.45) is 16.3 Å². The van der Waals surface area contributed by atoms with Crippen LogP contribution in [-0.2, 0) is 0 Å². The summed E-state index contributed by atoms with van der Waals surface area (Å²) >= 11 is 1.90. The van der Waals surface area contributed by atoms with Crippen molar-refractivity contribution in [3.8, 4) is 0 Å². The molecule has 3 rings (SSSR count). The van der Waals surface area contributed by atoms with Crippen LogP contribution in [0.25, 0.3) is 0 Å². The van der Waals surface area contributed by atoms with E-state index in [0.717, 1.165) is 12.5 Å². The van der Waals surface area contributed by atoms with E-state index in [4.69, 9.17) is 4.99 Å². The molecule has 0 atom stereocenters. The van der Waals surface area contributed by atoms with Gasteiger partial charge in [0.05, 0.1) is 0 Å². The fourth-order valence-electron chi connectivity index (χ4n) is 2.66. The van der Waals surface area contributed by atoms with E-state index in [1.165, 1.54) is 43.0 Å². The number of aliphatic imine (C=N–C) groups is 1. The van der Waals surface area contributed by atoms with Gasteiger partial charge in [-0.1, -0.05) is 11.8 Å². The molecule has 1 heterocycles. The number of hydrogen-bond acceptors (Lipinski definition) is 2. The minimum atomic E-state index is 0.250. The van der Waals surface area contributed by atoms with Gasteiger partial charge in [-0.2, -0.15) is 0 Å². The molecule has 0 unspecified atom stereocenters. The largest absolute Gasteiger partial charge is 0.360 e. The van der Waals surface area contributed by atoms with Gasteiger partial charge in [-0.25, -0.2) is 0 Å². The van der Waals surface area contributed by atoms with Crippen LogP contribution < -0.4 is 5.32 Å². The summed E-state index contributed by atoms with van der Waals surface area (Å²) in [4.78, 5) is 4.84. The molecule has 3 fully saturated rings. The van der Waals surface area contributed by atoms with Crippen LogP contribution in [0, 0.1) is 11.3 Å². The van der Waals surface area contributed by atoms with E-state index in [-0.39, 0.29) is 5.54 Å². The highest BCUT2D eigenvalue weighted by atomic mass is 32.2. The van der Waals surface area contributed by atoms with Crippen LogP contribution in [0.4, 0.5) is 0 Å². The fourth-order valence-corrected chi connectivity index (χ4v) is 3.97. The standard InChI is InChI=1S/C13H22N2S/c1-12(2)7-8-16-11(15-12)14-9-13(5-6-13)10-3-4-10/h10H,3-9H2,1-2H3,(H,14,15). The summed E-state index contributed by atoms with van der Waals surface area (Å²) < 4.78 is 0. The second kappa shape index (κ2) is 3.66. The Bertz CT molecular complexity index is 314. The molecule has 3 heteroatoms. The Kier molecular flexibility index (Phi) is 2.50. The van der Waals surface area contributed by atoms with Gasteiger partial charge in [0, 0.05) is 17.8 Å². The first-order valence-corrected chi connectivity index (χ1v) is 7.54. The molecule has 0 spiro atoms. The molecule has 1 aliphatic heterocycles. The Morgan fingerprint density at radius 2 is 2.06 bits per heavy atom. The zero-order valence-electron chi connectivity index (χ0n) is 10.4. The van der Waals surface area contributed by atoms with Gasteiger partial charge < -0.3 is 5.32 Å². The zero-order chi connectivity index (χ0) is 11.2. The number of hydrogen-bond donors (Lipinski definition) is 1. The average Bonchev–Trinajstić information content (AvgIpc) is 3.06. The fraction of sp³-hybridized carbons (Fsp3) is 0.923. The summed E-state index contributed by atoms with van der Waals surface area (Å²) in [7, 11) is 0. The summed E-state index contributed by atoms with van der Waals surface area (Å²) in [5.74, 6) is 2.24. The van der Waals surface area contributed by atoms with Crippen molar-refractivity contribution in [1.29, 1.82) is 0 Å². The predicted molar refractivity (Wildman–Crippen MR) is 71.0 cm³/mol. The second-order valence-corrected chi connectivity index (χ2v) is 7.45. The lowest BCUT2D eigenvalue weighted by molar-refractivity contribution is 0.435. The number of amidine groups is 1. The van der Waals surface area contributed by atoms with Gasteiger partial charge in [0.15, 0.2) is 5.17 Å². The third-order valence-corrected chi connectivity index (χ3v) is 5.20. The molecule has 0 aromatic carbocycles. The Morgan fingerprint density at radius 3 is 2.62 bits per heavy atom. The smallest absolute Gasteiger partial charge is 0.156 e. The molecule has 0 amide bonds. The van der Waals surface area contributed by atoms with E-state index in [0.29, 0.717) is 5.41 Å². The molecule has 0 radical (unpaired) electrons. The molecule has 1 saturated heterocycles. The summed E-state index contributed by atoms with van der Waals surface area (Å²) in [6.07, 6.45) is 7.04. The Balaban J connectivity index is 1.60. The normalized spacial score (nSPS) is 33.5. The molecule has 0 bridgehead atoms. The highest BCUT2D eigenvalue weighted by Crippen LogP contribution is 2.61. The lowest BCUT2D eigenvalue weighted by Gasteiger charge is -2.32. The minimum Gasteiger partial charge on any atom is -0.360 e. The van der Waals surface area contributed by atoms with Crippen LogP contribution >= 0.6 is 11.8 Å². The van der Waals surface area contributed by atoms with Crippen LogP contribution in [0.1, 0.15) is 46.0 Å². The topological polar surface area (TPSA) is 24.4 Å². The summed E-state index contributed by atoms with van der Waals surface area (Å²) in [6.45, 7) is 5.63. The maximum Gasteiger partial charge on any atom is 0.156 e. The summed E-state index contributed by atoms with van der Waals surface area (Å²) in [5.41, 5.74) is 0.900. The third-order valence-electron chi connectivity index (χ3n) is 4.28. The lowest BCUT2D eigenvalue weighted by atomic mass is 10.0. The molecule has 3 aliphatic rings. The van der Waals surface area contributed by atoms with Gasteiger partial charge in [-0.3, -0.25) is 4.99 Å². The second-order valence-electron chi connectivity index (χ2n) is 6.37. The molecule has 0 aromatic heterocycles. The molecular formula is C13H22N2S. The maximum atomic E-state index is 4.84. The molecule has 0 aromatic rings. The van der Waals surface area contributed by atoms with Gasteiger partial charge in [0.1, 0.15) is 0 Å². The van der Waals surface area contributed by atoms with E-state index in [9.17, 15) is 0 Å². The predicted octanol–water partition coefficient (Wildman–Crippen LogP) is 3.04. The maximum absolute atomic E-state index is 4.84. The Hall–Kier alpha value is -0.180. The van der Waals surface area contributed by atoms with Crippen molar-refractivity contribution in [2.45, 2.75) is 51.5 Å². The Morgan fingerprint density at radius 1 is 1.31 bits per heavy atom. The number of nitrogens with zero attached hydrogens (tertiary/aromatic N) is 1. The van der Waals surface area contributed by atoms with Gasteiger partial charge in [0.2, 0.25) is 0 Å². The molecule has 2 nitrogen and oxygen atoms in total. The number of nitrogens with one attached hydrogen (secondary N) is 1. The Labute approximate surface area is 103 Å². The molecule has 1 N–H and O–H groups in total. The molecule has 2 saturated carbocycles. The zero-order valence-corrected chi connectivity index (χ0v) is 11.2. The van der Waals surface area contributed by atoms with E-state index in [1.807, 2.05) is 11.8 Å². The highest BCUT2D eigenvalue weighted by molar-refractivity contribution is 8.13. The van der Waals surface area contributed by atoms with Crippen molar-refractivity contribution in [3.05, 3.63) is 0 Å². The summed E-state index contributed by atoms with van der Waals surface area (Å²) in [6, 6.07) is 0. The molecule has 16 heavy (non-hydrogen) atoms. The van der Waals surface area contributed by atoms with E-state index >= 15 is 0 Å². The molecular weight excluding hydrogens is 216 g/mol. The van der Waals surface area contributed by atoms with Crippen molar-refractivity contribution in [2.75, 3.05) is 12.3 Å². The van der Waals surface area contributed by atoms with E-state index < -0.39 is 0 Å². The van der Waals surface area contributed by atoms with Crippen molar-refractivity contribution < 1.29 is 0 Å². The van der Waals surface area contributed by atoms with Crippen molar-refractivity contribution >= 4 is 16.9 Å². The van der Waals surface area contributed by atoms with E-state index in [1.54, 1.807) is 0 Å². The minimum absolute atomic E-state index is 0.250. The third kappa shape index (κ3) is 2.24. The van der Waals surface area contributed by atoms with Gasteiger partial charge in [-0.05, 0) is 57.3 Å². The van der Waals surface area contributed by atoms with Crippen LogP contribution in [0.2, 0.25) is 0 Å². The monoisotopic (exact) mass is 238 g/mol. The van der Waals surface area contributed by atoms with Gasteiger partial charge in [-0.15, -0.1) is 0 Å². The van der Waals surface area contributed by atoms with Gasteiger partial charge >= 0.3 is 0 Å². The SMILES string of the molecule is CC1(C)CCSC(=NCC2(C3CC3)CC2)N1. The first-order chi connectivity index (χ1) is 7.60.